The Bertz CT molecular complexity index is 1080. The predicted octanol–water partition coefficient (Wildman–Crippen LogP) is 8.40. The Morgan fingerprint density at radius 1 is 1.34 bits per heavy atom. The zero-order valence-electron chi connectivity index (χ0n) is 21.9. The van der Waals surface area contributed by atoms with Gasteiger partial charge in [0, 0.05) is 15.4 Å². The number of rotatable bonds is 11. The number of nitrogens with zero attached hydrogens (tertiary/aromatic N) is 1. The molecule has 0 saturated heterocycles. The van der Waals surface area contributed by atoms with Gasteiger partial charge < -0.3 is 5.32 Å². The van der Waals surface area contributed by atoms with Gasteiger partial charge in [-0.3, -0.25) is 4.79 Å². The molecule has 0 aliphatic carbocycles. The molecule has 1 amide bonds. The number of allylic oxidation sites excluding steroid dienone is 8. The lowest BCUT2D eigenvalue weighted by molar-refractivity contribution is 0.0946. The lowest BCUT2D eigenvalue weighted by atomic mass is 10.0. The molecule has 1 N–H and O–H groups in total. The smallest absolute Gasteiger partial charge is 0.251 e. The fourth-order valence-corrected chi connectivity index (χ4v) is 4.26. The van der Waals surface area contributed by atoms with E-state index in [2.05, 4.69) is 47.5 Å². The van der Waals surface area contributed by atoms with Crippen LogP contribution in [-0.2, 0) is 0 Å². The van der Waals surface area contributed by atoms with Crippen LogP contribution >= 0.6 is 21.0 Å². The summed E-state index contributed by atoms with van der Waals surface area (Å²) in [4.78, 5) is 14.9. The first-order chi connectivity index (χ1) is 16.5. The number of thioether (sulfide) groups is 1. The number of nitriles is 1. The molecule has 0 heterocycles. The lowest BCUT2D eigenvalue weighted by Crippen LogP contribution is -2.33. The molecular formula is C29H38FN2OPS. The van der Waals surface area contributed by atoms with Gasteiger partial charge in [0.2, 0.25) is 0 Å². The Kier molecular flexibility index (Phi) is 13.0. The molecule has 0 aliphatic rings. The molecule has 0 saturated carbocycles. The van der Waals surface area contributed by atoms with Gasteiger partial charge in [0.1, 0.15) is 5.41 Å². The number of halogens is 1. The van der Waals surface area contributed by atoms with Crippen molar-refractivity contribution in [1.29, 1.82) is 5.26 Å². The van der Waals surface area contributed by atoms with Crippen LogP contribution in [0.2, 0.25) is 0 Å². The molecule has 35 heavy (non-hydrogen) atoms. The summed E-state index contributed by atoms with van der Waals surface area (Å²) in [5.74, 6) is -0.235. The van der Waals surface area contributed by atoms with E-state index in [0.29, 0.717) is 16.7 Å². The third kappa shape index (κ3) is 10.0. The Morgan fingerprint density at radius 3 is 2.57 bits per heavy atom. The van der Waals surface area contributed by atoms with E-state index in [4.69, 9.17) is 5.26 Å². The van der Waals surface area contributed by atoms with Gasteiger partial charge in [-0.05, 0) is 76.8 Å². The molecular weight excluding hydrogens is 474 g/mol. The number of hydrogen-bond donors (Lipinski definition) is 1. The maximum absolute atomic E-state index is 14.6. The quantitative estimate of drug-likeness (QED) is 0.239. The topological polar surface area (TPSA) is 52.9 Å². The van der Waals surface area contributed by atoms with Gasteiger partial charge in [0.05, 0.1) is 17.7 Å². The molecule has 188 valence electrons. The van der Waals surface area contributed by atoms with E-state index in [-0.39, 0.29) is 11.9 Å². The molecule has 0 spiro atoms. The molecule has 6 heteroatoms. The fraction of sp³-hybridized carbons (Fsp3) is 0.379. The largest absolute Gasteiger partial charge is 0.345 e. The summed E-state index contributed by atoms with van der Waals surface area (Å²) in [6.07, 6.45) is 11.7. The molecule has 0 radical (unpaired) electrons. The molecule has 1 aromatic carbocycles. The lowest BCUT2D eigenvalue weighted by Gasteiger charge is -2.22. The Hall–Kier alpha value is -2.41. The highest BCUT2D eigenvalue weighted by molar-refractivity contribution is 8.07. The van der Waals surface area contributed by atoms with Crippen molar-refractivity contribution in [2.45, 2.75) is 72.8 Å². The molecule has 1 rings (SSSR count). The van der Waals surface area contributed by atoms with E-state index >= 15 is 0 Å². The zero-order chi connectivity index (χ0) is 26.6. The maximum atomic E-state index is 14.6. The minimum Gasteiger partial charge on any atom is -0.345 e. The summed E-state index contributed by atoms with van der Waals surface area (Å²) < 4.78 is 14.6. The molecule has 3 unspecified atom stereocenters. The normalized spacial score (nSPS) is 16.4. The summed E-state index contributed by atoms with van der Waals surface area (Å²) in [6, 6.07) is 8.47. The second-order valence-corrected chi connectivity index (χ2v) is 10.7. The highest BCUT2D eigenvalue weighted by Crippen LogP contribution is 2.39. The predicted molar refractivity (Wildman–Crippen MR) is 153 cm³/mol. The Labute approximate surface area is 217 Å². The van der Waals surface area contributed by atoms with Gasteiger partial charge in [-0.25, -0.2) is 4.39 Å². The third-order valence-electron chi connectivity index (χ3n) is 5.50. The number of amides is 1. The van der Waals surface area contributed by atoms with Crippen LogP contribution in [0.15, 0.2) is 81.2 Å². The second kappa shape index (κ2) is 14.9. The van der Waals surface area contributed by atoms with E-state index in [9.17, 15) is 9.18 Å². The second-order valence-electron chi connectivity index (χ2n) is 8.51. The van der Waals surface area contributed by atoms with Crippen molar-refractivity contribution >= 4 is 26.9 Å². The molecule has 0 bridgehead atoms. The minimum atomic E-state index is -1.51. The number of nitrogens with one attached hydrogen (secondary N) is 1. The molecule has 3 atom stereocenters. The van der Waals surface area contributed by atoms with Crippen LogP contribution in [0.3, 0.4) is 0 Å². The van der Waals surface area contributed by atoms with Crippen molar-refractivity contribution in [2.24, 2.45) is 0 Å². The van der Waals surface area contributed by atoms with E-state index in [1.54, 1.807) is 43.0 Å². The van der Waals surface area contributed by atoms with Crippen molar-refractivity contribution in [3.05, 3.63) is 92.3 Å². The van der Waals surface area contributed by atoms with E-state index in [1.165, 1.54) is 12.5 Å². The maximum Gasteiger partial charge on any atom is 0.251 e. The standard InChI is InChI=1S/C29H38FN2OPS/c1-8-11-12-15-24(17-21(5)29(7,30)34)27(20(4)9-2)35-26(10-3)22(6)32-28(33)25-16-13-14-23(18-25)19-31/h10-18,22H,8-9,34H2,1-7H3,(H,32,33)/b12-11+,21-17+,24-15+,26-10-,27-20?. The fourth-order valence-electron chi connectivity index (χ4n) is 3.02. The average Bonchev–Trinajstić information content (AvgIpc) is 2.83. The van der Waals surface area contributed by atoms with E-state index in [0.717, 1.165) is 28.2 Å². The summed E-state index contributed by atoms with van der Waals surface area (Å²) in [5, 5.41) is 10.7. The Morgan fingerprint density at radius 2 is 2.03 bits per heavy atom. The van der Waals surface area contributed by atoms with Crippen molar-refractivity contribution in [3.63, 3.8) is 0 Å². The van der Waals surface area contributed by atoms with Crippen molar-refractivity contribution < 1.29 is 9.18 Å². The van der Waals surface area contributed by atoms with Gasteiger partial charge in [0.25, 0.3) is 5.91 Å². The van der Waals surface area contributed by atoms with Crippen LogP contribution in [0.25, 0.3) is 0 Å². The van der Waals surface area contributed by atoms with Gasteiger partial charge in [-0.15, -0.1) is 0 Å². The minimum absolute atomic E-state index is 0.235. The molecule has 0 aromatic heterocycles. The molecule has 0 fully saturated rings. The summed E-state index contributed by atoms with van der Waals surface area (Å²) in [5.41, 5.74) is 3.62. The molecule has 0 aliphatic heterocycles. The molecule has 3 nitrogen and oxygen atoms in total. The number of hydrogen-bond acceptors (Lipinski definition) is 3. The summed E-state index contributed by atoms with van der Waals surface area (Å²) in [6.45, 7) is 13.5. The van der Waals surface area contributed by atoms with Crippen LogP contribution in [0, 0.1) is 11.3 Å². The SMILES string of the molecule is C/C=C(\SC(=C(C)CC)C(=C/C=C/CC)/C=C(\C)C(C)(F)P)C(C)NC(=O)c1cccc(C#N)c1. The number of alkyl halides is 1. The third-order valence-corrected chi connectivity index (χ3v) is 7.57. The number of carbonyl (C=O) groups excluding carboxylic acids is 1. The van der Waals surface area contributed by atoms with Crippen molar-refractivity contribution in [3.8, 4) is 6.07 Å². The van der Waals surface area contributed by atoms with Gasteiger partial charge in [-0.2, -0.15) is 5.26 Å². The number of carbonyl (C=O) groups is 1. The first-order valence-corrected chi connectivity index (χ1v) is 13.3. The van der Waals surface area contributed by atoms with Crippen LogP contribution in [0.4, 0.5) is 4.39 Å². The van der Waals surface area contributed by atoms with Gasteiger partial charge in [-0.1, -0.05) is 76.9 Å². The van der Waals surface area contributed by atoms with E-state index in [1.807, 2.05) is 38.2 Å². The molecule has 1 aromatic rings. The highest BCUT2D eigenvalue weighted by atomic mass is 32.2. The van der Waals surface area contributed by atoms with E-state index < -0.39 is 5.41 Å². The zero-order valence-corrected chi connectivity index (χ0v) is 23.9. The van der Waals surface area contributed by atoms with Gasteiger partial charge in [0.15, 0.2) is 0 Å². The average molecular weight is 513 g/mol. The van der Waals surface area contributed by atoms with Crippen LogP contribution in [0.1, 0.15) is 77.2 Å². The van der Waals surface area contributed by atoms with Crippen LogP contribution in [-0.4, -0.2) is 17.4 Å². The van der Waals surface area contributed by atoms with Crippen molar-refractivity contribution in [1.82, 2.24) is 5.32 Å². The first-order valence-electron chi connectivity index (χ1n) is 11.9. The summed E-state index contributed by atoms with van der Waals surface area (Å²) in [7, 11) is 2.26. The van der Waals surface area contributed by atoms with Crippen molar-refractivity contribution in [2.75, 3.05) is 0 Å². The Balaban J connectivity index is 3.34. The van der Waals surface area contributed by atoms with Gasteiger partial charge >= 0.3 is 0 Å². The van der Waals surface area contributed by atoms with Crippen LogP contribution < -0.4 is 5.32 Å². The monoisotopic (exact) mass is 512 g/mol. The number of benzene rings is 1. The summed E-state index contributed by atoms with van der Waals surface area (Å²) >= 11 is 1.59. The van der Waals surface area contributed by atoms with Crippen LogP contribution in [0.5, 0.6) is 0 Å². The highest BCUT2D eigenvalue weighted by Gasteiger charge is 2.21. The first kappa shape index (κ1) is 30.6.